The van der Waals surface area contributed by atoms with Crippen LogP contribution in [0.3, 0.4) is 0 Å². The molecule has 0 unspecified atom stereocenters. The molecule has 0 atom stereocenters. The highest BCUT2D eigenvalue weighted by Crippen LogP contribution is 2.06. The number of nitriles is 1. The third-order valence-electron chi connectivity index (χ3n) is 2.90. The molecule has 0 saturated heterocycles. The molecule has 17 heavy (non-hydrogen) atoms. The maximum absolute atomic E-state index is 9.04. The molecule has 0 bridgehead atoms. The fourth-order valence-corrected chi connectivity index (χ4v) is 1.90. The van der Waals surface area contributed by atoms with Crippen LogP contribution < -0.4 is 4.57 Å². The van der Waals surface area contributed by atoms with E-state index in [9.17, 15) is 0 Å². The third-order valence-corrected chi connectivity index (χ3v) is 2.90. The Morgan fingerprint density at radius 1 is 1.18 bits per heavy atom. The molecule has 0 spiro atoms. The van der Waals surface area contributed by atoms with Crippen molar-refractivity contribution in [3.63, 3.8) is 0 Å². The van der Waals surface area contributed by atoms with E-state index in [0.717, 1.165) is 17.7 Å². The number of hydrogen-bond donors (Lipinski definition) is 0. The van der Waals surface area contributed by atoms with Crippen LogP contribution in [0.1, 0.15) is 22.4 Å². The van der Waals surface area contributed by atoms with Gasteiger partial charge in [-0.15, -0.1) is 0 Å². The maximum atomic E-state index is 9.04. The van der Waals surface area contributed by atoms with Crippen molar-refractivity contribution in [2.45, 2.75) is 20.4 Å². The molecule has 0 aliphatic heterocycles. The normalized spacial score (nSPS) is 9.94. The van der Waals surface area contributed by atoms with Gasteiger partial charge in [0.1, 0.15) is 11.6 Å². The smallest absolute Gasteiger partial charge is 0.187 e. The van der Waals surface area contributed by atoms with Crippen LogP contribution in [0, 0.1) is 25.2 Å². The van der Waals surface area contributed by atoms with Crippen molar-refractivity contribution in [2.24, 2.45) is 0 Å². The van der Waals surface area contributed by atoms with E-state index in [1.165, 1.54) is 11.3 Å². The molecule has 1 aromatic heterocycles. The molecule has 2 nitrogen and oxygen atoms in total. The summed E-state index contributed by atoms with van der Waals surface area (Å²) >= 11 is 0. The Bertz CT molecular complexity index is 565. The summed E-state index contributed by atoms with van der Waals surface area (Å²) in [4.78, 5) is 0. The van der Waals surface area contributed by atoms with Crippen LogP contribution in [0.5, 0.6) is 0 Å². The molecule has 84 valence electrons. The lowest BCUT2D eigenvalue weighted by molar-refractivity contribution is -0.694. The molecule has 2 rings (SSSR count). The predicted molar refractivity (Wildman–Crippen MR) is 66.4 cm³/mol. The Balaban J connectivity index is 2.37. The van der Waals surface area contributed by atoms with Gasteiger partial charge in [-0.2, -0.15) is 9.83 Å². The van der Waals surface area contributed by atoms with E-state index in [4.69, 9.17) is 5.26 Å². The summed E-state index contributed by atoms with van der Waals surface area (Å²) in [7, 11) is 0. The minimum atomic E-state index is 0.742. The van der Waals surface area contributed by atoms with Crippen LogP contribution in [0.2, 0.25) is 0 Å². The van der Waals surface area contributed by atoms with Crippen molar-refractivity contribution in [2.75, 3.05) is 0 Å². The number of hydrogen-bond acceptors (Lipinski definition) is 1. The van der Waals surface area contributed by atoms with Crippen molar-refractivity contribution in [3.05, 3.63) is 65.0 Å². The van der Waals surface area contributed by atoms with Gasteiger partial charge in [-0.3, -0.25) is 0 Å². The third kappa shape index (κ3) is 2.51. The SMILES string of the molecule is Cc1cc(C)[n+](Cc2ccccc2)cc1C#N. The Morgan fingerprint density at radius 2 is 1.88 bits per heavy atom. The molecule has 0 radical (unpaired) electrons. The monoisotopic (exact) mass is 223 g/mol. The van der Waals surface area contributed by atoms with Crippen LogP contribution in [0.25, 0.3) is 0 Å². The van der Waals surface area contributed by atoms with Crippen LogP contribution >= 0.6 is 0 Å². The minimum absolute atomic E-state index is 0.742. The minimum Gasteiger partial charge on any atom is -0.197 e. The standard InChI is InChI=1S/C15H15N2/c1-12-8-13(2)17(11-15(12)9-16)10-14-6-4-3-5-7-14/h3-8,11H,10H2,1-2H3/q+1. The lowest BCUT2D eigenvalue weighted by atomic mass is 10.1. The summed E-state index contributed by atoms with van der Waals surface area (Å²) in [5.74, 6) is 0. The Labute approximate surface area is 102 Å². The Morgan fingerprint density at radius 3 is 2.53 bits per heavy atom. The average Bonchev–Trinajstić information content (AvgIpc) is 2.34. The Kier molecular flexibility index (Phi) is 3.20. The van der Waals surface area contributed by atoms with Gasteiger partial charge in [0.2, 0.25) is 0 Å². The van der Waals surface area contributed by atoms with Crippen LogP contribution in [-0.2, 0) is 6.54 Å². The summed E-state index contributed by atoms with van der Waals surface area (Å²) in [6, 6.07) is 14.6. The van der Waals surface area contributed by atoms with Gasteiger partial charge in [-0.05, 0) is 12.5 Å². The zero-order chi connectivity index (χ0) is 12.3. The Hall–Kier alpha value is -2.14. The second kappa shape index (κ2) is 4.80. The molecule has 2 heteroatoms. The van der Waals surface area contributed by atoms with Gasteiger partial charge >= 0.3 is 0 Å². The molecule has 1 aromatic carbocycles. The highest BCUT2D eigenvalue weighted by Gasteiger charge is 2.11. The summed E-state index contributed by atoms with van der Waals surface area (Å²) in [5, 5.41) is 9.04. The predicted octanol–water partition coefficient (Wildman–Crippen LogP) is 2.51. The molecular formula is C15H15N2+. The first kappa shape index (κ1) is 11.3. The number of nitrogens with zero attached hydrogens (tertiary/aromatic N) is 2. The second-order valence-electron chi connectivity index (χ2n) is 4.24. The van der Waals surface area contributed by atoms with Gasteiger partial charge in [0.15, 0.2) is 18.4 Å². The van der Waals surface area contributed by atoms with E-state index >= 15 is 0 Å². The van der Waals surface area contributed by atoms with Crippen LogP contribution in [0.4, 0.5) is 0 Å². The molecule has 0 aliphatic carbocycles. The molecule has 1 heterocycles. The van der Waals surface area contributed by atoms with Crippen molar-refractivity contribution < 1.29 is 4.57 Å². The van der Waals surface area contributed by atoms with Gasteiger partial charge in [0.05, 0.1) is 0 Å². The first-order valence-corrected chi connectivity index (χ1v) is 5.65. The zero-order valence-corrected chi connectivity index (χ0v) is 10.1. The molecular weight excluding hydrogens is 208 g/mol. The van der Waals surface area contributed by atoms with E-state index in [-0.39, 0.29) is 0 Å². The van der Waals surface area contributed by atoms with Gasteiger partial charge < -0.3 is 0 Å². The van der Waals surface area contributed by atoms with Gasteiger partial charge in [-0.1, -0.05) is 30.3 Å². The van der Waals surface area contributed by atoms with E-state index < -0.39 is 0 Å². The molecule has 0 aliphatic rings. The lowest BCUT2D eigenvalue weighted by Crippen LogP contribution is -2.38. The fourth-order valence-electron chi connectivity index (χ4n) is 1.90. The van der Waals surface area contributed by atoms with Crippen molar-refractivity contribution >= 4 is 0 Å². The number of aromatic nitrogens is 1. The molecule has 0 N–H and O–H groups in total. The summed E-state index contributed by atoms with van der Waals surface area (Å²) in [6.07, 6.45) is 1.93. The number of benzene rings is 1. The average molecular weight is 223 g/mol. The lowest BCUT2D eigenvalue weighted by Gasteiger charge is -2.03. The maximum Gasteiger partial charge on any atom is 0.187 e. The quantitative estimate of drug-likeness (QED) is 0.719. The van der Waals surface area contributed by atoms with Crippen LogP contribution in [-0.4, -0.2) is 0 Å². The molecule has 0 saturated carbocycles. The summed E-state index contributed by atoms with van der Waals surface area (Å²) in [6.45, 7) is 4.84. The molecule has 0 amide bonds. The molecule has 2 aromatic rings. The van der Waals surface area contributed by atoms with Gasteiger partial charge in [-0.25, -0.2) is 0 Å². The topological polar surface area (TPSA) is 27.7 Å². The van der Waals surface area contributed by atoms with E-state index in [1.807, 2.05) is 31.3 Å². The number of pyridine rings is 1. The molecule has 0 fully saturated rings. The highest BCUT2D eigenvalue weighted by molar-refractivity contribution is 5.33. The zero-order valence-electron chi connectivity index (χ0n) is 10.1. The van der Waals surface area contributed by atoms with Gasteiger partial charge in [0.25, 0.3) is 0 Å². The van der Waals surface area contributed by atoms with E-state index in [2.05, 4.69) is 35.8 Å². The van der Waals surface area contributed by atoms with E-state index in [1.54, 1.807) is 0 Å². The number of aryl methyl sites for hydroxylation is 2. The highest BCUT2D eigenvalue weighted by atomic mass is 14.9. The van der Waals surface area contributed by atoms with Crippen molar-refractivity contribution in [1.82, 2.24) is 0 Å². The summed E-state index contributed by atoms with van der Waals surface area (Å²) < 4.78 is 2.11. The second-order valence-corrected chi connectivity index (χ2v) is 4.24. The van der Waals surface area contributed by atoms with E-state index in [0.29, 0.717) is 0 Å². The van der Waals surface area contributed by atoms with Crippen molar-refractivity contribution in [3.8, 4) is 6.07 Å². The van der Waals surface area contributed by atoms with Gasteiger partial charge in [0, 0.05) is 18.6 Å². The van der Waals surface area contributed by atoms with Crippen molar-refractivity contribution in [1.29, 1.82) is 5.26 Å². The first-order chi connectivity index (χ1) is 8.20. The summed E-state index contributed by atoms with van der Waals surface area (Å²) in [5.41, 5.74) is 4.19. The first-order valence-electron chi connectivity index (χ1n) is 5.65. The van der Waals surface area contributed by atoms with Crippen LogP contribution in [0.15, 0.2) is 42.6 Å². The number of rotatable bonds is 2. The fraction of sp³-hybridized carbons (Fsp3) is 0.200. The largest absolute Gasteiger partial charge is 0.197 e.